The molecule has 0 atom stereocenters. The van der Waals surface area contributed by atoms with Crippen molar-refractivity contribution in [3.8, 4) is 33.8 Å². The lowest BCUT2D eigenvalue weighted by molar-refractivity contribution is -0.00000473. The van der Waals surface area contributed by atoms with E-state index < -0.39 is 0 Å². The number of benzene rings is 2. The monoisotopic (exact) mass is 424 g/mol. The highest BCUT2D eigenvalue weighted by atomic mass is 127. The van der Waals surface area contributed by atoms with E-state index in [2.05, 4.69) is 30.5 Å². The van der Waals surface area contributed by atoms with E-state index in [4.69, 9.17) is 9.47 Å². The first kappa shape index (κ1) is 17.0. The number of hydrogen-bond donors (Lipinski definition) is 0. The molecule has 0 saturated heterocycles. The largest absolute Gasteiger partial charge is 1.00 e. The molecule has 0 aliphatic heterocycles. The van der Waals surface area contributed by atoms with Gasteiger partial charge in [0.2, 0.25) is 4.51 Å². The Kier molecular flexibility index (Phi) is 5.58. The fourth-order valence-electron chi connectivity index (χ4n) is 2.44. The first-order valence-electron chi connectivity index (χ1n) is 6.73. The second-order valence-corrected chi connectivity index (χ2v) is 5.56. The fraction of sp³-hybridized carbons (Fsp3) is 0.167. The van der Waals surface area contributed by atoms with Crippen molar-refractivity contribution in [2.45, 2.75) is 0 Å². The van der Waals surface area contributed by atoms with Gasteiger partial charge in [0.25, 0.3) is 0 Å². The second-order valence-electron chi connectivity index (χ2n) is 4.74. The molecule has 0 aliphatic rings. The van der Waals surface area contributed by atoms with Gasteiger partial charge in [-0.15, -0.1) is 0 Å². The van der Waals surface area contributed by atoms with Crippen molar-refractivity contribution < 1.29 is 33.5 Å². The second kappa shape index (κ2) is 7.24. The van der Waals surface area contributed by atoms with Crippen LogP contribution in [0.2, 0.25) is 0 Å². The summed E-state index contributed by atoms with van der Waals surface area (Å²) in [7, 11) is 3.38. The molecule has 0 bridgehead atoms. The summed E-state index contributed by atoms with van der Waals surface area (Å²) in [4.78, 5) is 0. The van der Waals surface area contributed by atoms with Crippen molar-refractivity contribution in [3.05, 3.63) is 53.0 Å². The van der Waals surface area contributed by atoms with Gasteiger partial charge in [0.1, 0.15) is 11.5 Å². The Bertz CT molecular complexity index is 704. The normalized spacial score (nSPS) is 10.1. The topological polar surface area (TPSA) is 18.5 Å². The molecule has 22 heavy (non-hydrogen) atoms. The number of methoxy groups -OCH3 is 2. The molecule has 0 radical (unpaired) electrons. The van der Waals surface area contributed by atoms with Crippen molar-refractivity contribution in [1.29, 1.82) is 0 Å². The van der Waals surface area contributed by atoms with Crippen molar-refractivity contribution in [3.63, 3.8) is 0 Å². The van der Waals surface area contributed by atoms with Crippen LogP contribution < -0.4 is 33.5 Å². The van der Waals surface area contributed by atoms with Gasteiger partial charge in [-0.05, 0) is 35.4 Å². The third kappa shape index (κ3) is 3.17. The first-order chi connectivity index (χ1) is 10.3. The maximum atomic E-state index is 5.22. The Morgan fingerprint density at radius 2 is 1.05 bits per heavy atom. The average molecular weight is 424 g/mol. The molecule has 0 heterocycles. The summed E-state index contributed by atoms with van der Waals surface area (Å²) in [6.45, 7) is 0. The van der Waals surface area contributed by atoms with E-state index in [1.54, 1.807) is 25.6 Å². The predicted molar refractivity (Wildman–Crippen MR) is 89.3 cm³/mol. The smallest absolute Gasteiger partial charge is 0.241 e. The van der Waals surface area contributed by atoms with Gasteiger partial charge in [0.15, 0.2) is 17.6 Å². The summed E-state index contributed by atoms with van der Waals surface area (Å²) < 4.78 is 11.8. The molecule has 0 N–H and O–H groups in total. The molecule has 2 nitrogen and oxygen atoms in total. The van der Waals surface area contributed by atoms with Gasteiger partial charge in [-0.25, -0.2) is 0 Å². The summed E-state index contributed by atoms with van der Waals surface area (Å²) in [5, 5.41) is 0. The van der Waals surface area contributed by atoms with Gasteiger partial charge in [-0.3, -0.25) is 0 Å². The third-order valence-corrected chi connectivity index (χ3v) is 4.42. The lowest BCUT2D eigenvalue weighted by Crippen LogP contribution is -3.00. The van der Waals surface area contributed by atoms with Gasteiger partial charge >= 0.3 is 0 Å². The summed E-state index contributed by atoms with van der Waals surface area (Å²) in [6.07, 6.45) is 2.12. The van der Waals surface area contributed by atoms with Crippen molar-refractivity contribution in [1.82, 2.24) is 0 Å². The predicted octanol–water partition coefficient (Wildman–Crippen LogP) is 1.16. The van der Waals surface area contributed by atoms with E-state index in [-0.39, 0.29) is 24.0 Å². The van der Waals surface area contributed by atoms with Crippen LogP contribution in [0.25, 0.3) is 22.3 Å². The van der Waals surface area contributed by atoms with E-state index in [9.17, 15) is 0 Å². The van der Waals surface area contributed by atoms with Gasteiger partial charge in [0.05, 0.1) is 25.3 Å². The van der Waals surface area contributed by atoms with Gasteiger partial charge in [0, 0.05) is 0 Å². The Hall–Kier alpha value is -1.40. The summed E-state index contributed by atoms with van der Waals surface area (Å²) in [5.41, 5.74) is 5.17. The molecule has 0 spiro atoms. The molecule has 4 heteroatoms. The van der Waals surface area contributed by atoms with Crippen LogP contribution in [0.4, 0.5) is 0 Å². The van der Waals surface area contributed by atoms with Gasteiger partial charge in [-0.1, -0.05) is 24.3 Å². The number of halogens is 1. The molecule has 0 aliphatic carbocycles. The highest BCUT2D eigenvalue weighted by Crippen LogP contribution is 2.44. The molecule has 3 aromatic carbocycles. The van der Waals surface area contributed by atoms with Crippen molar-refractivity contribution >= 4 is 11.4 Å². The van der Waals surface area contributed by atoms with Crippen LogP contribution in [0.1, 0.15) is 0 Å². The Morgan fingerprint density at radius 3 is 1.32 bits per heavy atom. The van der Waals surface area contributed by atoms with Crippen LogP contribution in [-0.2, 0) is 11.4 Å². The summed E-state index contributed by atoms with van der Waals surface area (Å²) in [6, 6.07) is 16.5. The lowest BCUT2D eigenvalue weighted by Gasteiger charge is -2.00. The zero-order valence-electron chi connectivity index (χ0n) is 12.7. The zero-order valence-corrected chi connectivity index (χ0v) is 15.7. The standard InChI is InChI=1S/C18H17O2S.HI/c1-19-14-8-4-12(5-9-14)16-17(18(16)21-3)13-6-10-15(20-2)11-7-13;/h4-11H,1-3H3;1H/q+1;/p-1. The molecule has 0 amide bonds. The van der Waals surface area contributed by atoms with Gasteiger partial charge in [-0.2, -0.15) is 0 Å². The Labute approximate surface area is 151 Å². The fourth-order valence-corrected chi connectivity index (χ4v) is 3.24. The third-order valence-electron chi connectivity index (χ3n) is 3.60. The molecular weight excluding hydrogens is 407 g/mol. The quantitative estimate of drug-likeness (QED) is 0.356. The minimum atomic E-state index is 0. The molecule has 0 saturated carbocycles. The van der Waals surface area contributed by atoms with E-state index in [0.29, 0.717) is 0 Å². The molecule has 0 aromatic heterocycles. The van der Waals surface area contributed by atoms with E-state index in [1.807, 2.05) is 24.3 Å². The van der Waals surface area contributed by atoms with Crippen LogP contribution in [0.15, 0.2) is 48.5 Å². The summed E-state index contributed by atoms with van der Waals surface area (Å²) in [5.74, 6) is 1.77. The van der Waals surface area contributed by atoms with Crippen LogP contribution in [0.3, 0.4) is 0 Å². The van der Waals surface area contributed by atoms with Crippen molar-refractivity contribution in [2.24, 2.45) is 0 Å². The van der Waals surface area contributed by atoms with Crippen molar-refractivity contribution in [2.75, 3.05) is 20.5 Å². The zero-order chi connectivity index (χ0) is 14.8. The van der Waals surface area contributed by atoms with Gasteiger partial charge < -0.3 is 33.5 Å². The number of rotatable bonds is 4. The highest BCUT2D eigenvalue weighted by molar-refractivity contribution is 7.69. The Balaban J connectivity index is 0.00000176. The molecule has 0 fully saturated rings. The summed E-state index contributed by atoms with van der Waals surface area (Å²) >= 11 is 1.80. The highest BCUT2D eigenvalue weighted by Gasteiger charge is 2.29. The average Bonchev–Trinajstić information content (AvgIpc) is 3.29. The molecule has 3 aromatic rings. The van der Waals surface area contributed by atoms with E-state index in [0.717, 1.165) is 11.5 Å². The maximum absolute atomic E-state index is 5.22. The van der Waals surface area contributed by atoms with Crippen LogP contribution in [0, 0.1) is 4.51 Å². The van der Waals surface area contributed by atoms with Crippen LogP contribution >= 0.6 is 0 Å². The first-order valence-corrected chi connectivity index (χ1v) is 7.95. The number of hydrogen-bond acceptors (Lipinski definition) is 2. The number of ether oxygens (including phenoxy) is 2. The molecular formula is C18H17IO2S. The Morgan fingerprint density at radius 1 is 0.682 bits per heavy atom. The van der Waals surface area contributed by atoms with Crippen LogP contribution in [0.5, 0.6) is 11.5 Å². The molecule has 3 rings (SSSR count). The van der Waals surface area contributed by atoms with E-state index in [1.165, 1.54) is 26.8 Å². The minimum Gasteiger partial charge on any atom is -1.00 e. The molecule has 0 unspecified atom stereocenters. The molecule has 114 valence electrons. The maximum Gasteiger partial charge on any atom is 0.241 e. The SMILES string of the molecule is COc1ccc(-c2c(-c3ccc(OC)cc3)c2=[S+]C)cc1.[I-]. The lowest BCUT2D eigenvalue weighted by atomic mass is 10.1. The minimum absolute atomic E-state index is 0. The van der Waals surface area contributed by atoms with Crippen LogP contribution in [-0.4, -0.2) is 20.5 Å². The van der Waals surface area contributed by atoms with E-state index >= 15 is 0 Å².